The highest BCUT2D eigenvalue weighted by molar-refractivity contribution is 6.35. The van der Waals surface area contributed by atoms with Gasteiger partial charge in [0, 0.05) is 6.42 Å². The lowest BCUT2D eigenvalue weighted by Gasteiger charge is -2.06. The van der Waals surface area contributed by atoms with E-state index in [4.69, 9.17) is 20.4 Å². The van der Waals surface area contributed by atoms with Gasteiger partial charge >= 0.3 is 15.5 Å². The van der Waals surface area contributed by atoms with Crippen molar-refractivity contribution in [1.29, 1.82) is 0 Å². The molecule has 0 aliphatic rings. The fourth-order valence-corrected chi connectivity index (χ4v) is 0.926. The highest BCUT2D eigenvalue weighted by Crippen LogP contribution is 1.97. The van der Waals surface area contributed by atoms with Gasteiger partial charge in [-0.1, -0.05) is 0 Å². The molecule has 0 rings (SSSR count). The Balaban J connectivity index is 3.64. The minimum Gasteiger partial charge on any atom is -0.480 e. The van der Waals surface area contributed by atoms with E-state index >= 15 is 0 Å². The SMILES string of the molecule is NC(CCC(=O)O[SiH](O)O)C(=O)O. The van der Waals surface area contributed by atoms with E-state index in [-0.39, 0.29) is 12.8 Å². The van der Waals surface area contributed by atoms with Crippen LogP contribution in [-0.2, 0) is 14.0 Å². The summed E-state index contributed by atoms with van der Waals surface area (Å²) in [6.07, 6.45) is -0.326. The van der Waals surface area contributed by atoms with Crippen LogP contribution in [0, 0.1) is 0 Å². The summed E-state index contributed by atoms with van der Waals surface area (Å²) in [5.41, 5.74) is 5.07. The van der Waals surface area contributed by atoms with E-state index < -0.39 is 27.5 Å². The lowest BCUT2D eigenvalue weighted by atomic mass is 10.2. The maximum Gasteiger partial charge on any atom is 0.545 e. The normalized spacial score (nSPS) is 12.6. The van der Waals surface area contributed by atoms with Gasteiger partial charge in [-0.3, -0.25) is 9.59 Å². The number of aliphatic carboxylic acids is 1. The molecule has 13 heavy (non-hydrogen) atoms. The molecule has 0 aliphatic carbocycles. The third-order valence-electron chi connectivity index (χ3n) is 1.21. The van der Waals surface area contributed by atoms with Crippen molar-refractivity contribution in [3.05, 3.63) is 0 Å². The zero-order valence-corrected chi connectivity index (χ0v) is 7.87. The van der Waals surface area contributed by atoms with Crippen LogP contribution in [0.5, 0.6) is 0 Å². The second-order valence-electron chi connectivity index (χ2n) is 2.30. The molecule has 1 unspecified atom stereocenters. The van der Waals surface area contributed by atoms with Gasteiger partial charge in [0.15, 0.2) is 0 Å². The van der Waals surface area contributed by atoms with Crippen molar-refractivity contribution < 1.29 is 28.7 Å². The number of nitrogens with two attached hydrogens (primary N) is 1. The zero-order chi connectivity index (χ0) is 10.4. The van der Waals surface area contributed by atoms with E-state index in [1.165, 1.54) is 0 Å². The number of carboxylic acid groups (broad SMARTS) is 1. The first kappa shape index (κ1) is 12.0. The lowest BCUT2D eigenvalue weighted by molar-refractivity contribution is -0.139. The number of carboxylic acids is 1. The number of rotatable bonds is 5. The average Bonchev–Trinajstić information content (AvgIpc) is 1.98. The zero-order valence-electron chi connectivity index (χ0n) is 6.71. The summed E-state index contributed by atoms with van der Waals surface area (Å²) in [7, 11) is -3.35. The molecular formula is C5H11NO6Si. The number of carbonyl (C=O) groups excluding carboxylic acids is 1. The molecule has 0 aromatic carbocycles. The van der Waals surface area contributed by atoms with Gasteiger partial charge in [0.1, 0.15) is 6.04 Å². The first-order valence-electron chi connectivity index (χ1n) is 3.47. The second kappa shape index (κ2) is 5.64. The Morgan fingerprint density at radius 3 is 2.38 bits per heavy atom. The van der Waals surface area contributed by atoms with E-state index in [1.807, 2.05) is 0 Å². The molecule has 0 radical (unpaired) electrons. The molecule has 0 saturated heterocycles. The van der Waals surface area contributed by atoms with Gasteiger partial charge in [-0.25, -0.2) is 0 Å². The molecule has 8 heteroatoms. The predicted molar refractivity (Wildman–Crippen MR) is 42.5 cm³/mol. The fourth-order valence-electron chi connectivity index (χ4n) is 0.573. The van der Waals surface area contributed by atoms with Crippen LogP contribution in [0.1, 0.15) is 12.8 Å². The van der Waals surface area contributed by atoms with Crippen molar-refractivity contribution in [2.75, 3.05) is 0 Å². The highest BCUT2D eigenvalue weighted by atomic mass is 28.3. The minimum atomic E-state index is -3.35. The number of hydrogen-bond donors (Lipinski definition) is 4. The van der Waals surface area contributed by atoms with Crippen LogP contribution in [0.25, 0.3) is 0 Å². The van der Waals surface area contributed by atoms with E-state index in [9.17, 15) is 9.59 Å². The van der Waals surface area contributed by atoms with Crippen molar-refractivity contribution >= 4 is 21.5 Å². The Morgan fingerprint density at radius 1 is 1.46 bits per heavy atom. The van der Waals surface area contributed by atoms with Crippen LogP contribution >= 0.6 is 0 Å². The Labute approximate surface area is 75.7 Å². The van der Waals surface area contributed by atoms with Crippen LogP contribution in [0.4, 0.5) is 0 Å². The number of carbonyl (C=O) groups is 2. The third kappa shape index (κ3) is 6.22. The first-order valence-corrected chi connectivity index (χ1v) is 4.98. The molecule has 0 aromatic rings. The molecule has 0 bridgehead atoms. The van der Waals surface area contributed by atoms with Crippen LogP contribution in [0.15, 0.2) is 0 Å². The van der Waals surface area contributed by atoms with Crippen molar-refractivity contribution in [3.63, 3.8) is 0 Å². The molecule has 1 atom stereocenters. The van der Waals surface area contributed by atoms with Crippen LogP contribution in [0.3, 0.4) is 0 Å². The standard InChI is InChI=1S/C5H11NO6Si/c6-3(5(8)9)1-2-4(7)12-13(10)11/h3,10-11,13H,1-2,6H2,(H,8,9). The van der Waals surface area contributed by atoms with Gasteiger partial charge in [0.25, 0.3) is 5.97 Å². The summed E-state index contributed by atoms with van der Waals surface area (Å²) in [5, 5.41) is 8.31. The molecule has 76 valence electrons. The van der Waals surface area contributed by atoms with E-state index in [0.29, 0.717) is 0 Å². The van der Waals surface area contributed by atoms with Gasteiger partial charge in [-0.05, 0) is 6.42 Å². The molecule has 7 nitrogen and oxygen atoms in total. The van der Waals surface area contributed by atoms with E-state index in [2.05, 4.69) is 4.43 Å². The summed E-state index contributed by atoms with van der Waals surface area (Å²) in [6.45, 7) is 0. The predicted octanol–water partition coefficient (Wildman–Crippen LogP) is -2.58. The van der Waals surface area contributed by atoms with E-state index in [0.717, 1.165) is 0 Å². The molecule has 0 heterocycles. The second-order valence-corrected chi connectivity index (χ2v) is 3.19. The molecule has 0 aliphatic heterocycles. The maximum atomic E-state index is 10.6. The molecule has 0 aromatic heterocycles. The van der Waals surface area contributed by atoms with Crippen molar-refractivity contribution in [3.8, 4) is 0 Å². The van der Waals surface area contributed by atoms with Gasteiger partial charge < -0.3 is 24.9 Å². The maximum absolute atomic E-state index is 10.6. The van der Waals surface area contributed by atoms with E-state index in [1.54, 1.807) is 0 Å². The summed E-state index contributed by atoms with van der Waals surface area (Å²) in [5.74, 6) is -2.06. The smallest absolute Gasteiger partial charge is 0.480 e. The highest BCUT2D eigenvalue weighted by Gasteiger charge is 2.16. The Morgan fingerprint density at radius 2 is 2.00 bits per heavy atom. The average molecular weight is 209 g/mol. The van der Waals surface area contributed by atoms with Gasteiger partial charge in [0.05, 0.1) is 0 Å². The van der Waals surface area contributed by atoms with Crippen molar-refractivity contribution in [2.24, 2.45) is 5.73 Å². The molecule has 0 saturated carbocycles. The molecule has 0 spiro atoms. The summed E-state index contributed by atoms with van der Waals surface area (Å²) >= 11 is 0. The van der Waals surface area contributed by atoms with Crippen LogP contribution < -0.4 is 5.73 Å². The Kier molecular flexibility index (Phi) is 5.22. The van der Waals surface area contributed by atoms with Crippen LogP contribution in [-0.4, -0.2) is 42.2 Å². The van der Waals surface area contributed by atoms with Crippen LogP contribution in [0.2, 0.25) is 0 Å². The topological polar surface area (TPSA) is 130 Å². The Bertz CT molecular complexity index is 195. The molecule has 0 fully saturated rings. The summed E-state index contributed by atoms with van der Waals surface area (Å²) < 4.78 is 4.04. The quantitative estimate of drug-likeness (QED) is 0.366. The lowest BCUT2D eigenvalue weighted by Crippen LogP contribution is -2.31. The summed E-state index contributed by atoms with van der Waals surface area (Å²) in [6, 6.07) is -1.13. The van der Waals surface area contributed by atoms with Gasteiger partial charge in [-0.15, -0.1) is 0 Å². The Hall–Kier alpha value is -0.963. The first-order chi connectivity index (χ1) is 5.93. The van der Waals surface area contributed by atoms with Crippen molar-refractivity contribution in [1.82, 2.24) is 0 Å². The fraction of sp³-hybridized carbons (Fsp3) is 0.600. The minimum absolute atomic E-state index is 0.0880. The largest absolute Gasteiger partial charge is 0.545 e. The molecular weight excluding hydrogens is 198 g/mol. The third-order valence-corrected chi connectivity index (χ3v) is 1.69. The molecule has 0 amide bonds. The monoisotopic (exact) mass is 209 g/mol. The number of hydrogen-bond acceptors (Lipinski definition) is 6. The van der Waals surface area contributed by atoms with Gasteiger partial charge in [0.2, 0.25) is 0 Å². The van der Waals surface area contributed by atoms with Gasteiger partial charge in [-0.2, -0.15) is 0 Å². The summed E-state index contributed by atoms with van der Waals surface area (Å²) in [4.78, 5) is 37.4. The molecule has 5 N–H and O–H groups in total. The van der Waals surface area contributed by atoms with Crippen molar-refractivity contribution in [2.45, 2.75) is 18.9 Å².